The summed E-state index contributed by atoms with van der Waals surface area (Å²) < 4.78 is 0. The maximum atomic E-state index is 12.7. The summed E-state index contributed by atoms with van der Waals surface area (Å²) in [7, 11) is 0. The van der Waals surface area contributed by atoms with Gasteiger partial charge in [0.2, 0.25) is 5.91 Å². The summed E-state index contributed by atoms with van der Waals surface area (Å²) in [6, 6.07) is 9.03. The van der Waals surface area contributed by atoms with E-state index in [1.807, 2.05) is 42.2 Å². The lowest BCUT2D eigenvalue weighted by Gasteiger charge is -2.24. The first-order valence-corrected chi connectivity index (χ1v) is 9.24. The van der Waals surface area contributed by atoms with E-state index < -0.39 is 6.04 Å². The van der Waals surface area contributed by atoms with E-state index in [0.29, 0.717) is 0 Å². The van der Waals surface area contributed by atoms with Gasteiger partial charge in [-0.25, -0.2) is 4.98 Å². The Kier molecular flexibility index (Phi) is 7.38. The van der Waals surface area contributed by atoms with Crippen LogP contribution in [-0.2, 0) is 11.3 Å². The molecule has 3 rings (SSSR count). The summed E-state index contributed by atoms with van der Waals surface area (Å²) in [6.45, 7) is 6.23. The van der Waals surface area contributed by atoms with E-state index in [1.165, 1.54) is 0 Å². The molecule has 2 N–H and O–H groups in total. The monoisotopic (exact) mass is 380 g/mol. The molecule has 0 saturated carbocycles. The Hall–Kier alpha value is -1.47. The van der Waals surface area contributed by atoms with Crippen LogP contribution < -0.4 is 5.73 Å². The van der Waals surface area contributed by atoms with Crippen LogP contribution in [0.15, 0.2) is 35.7 Å². The minimum Gasteiger partial charge on any atom is -0.340 e. The Bertz CT molecular complexity index is 679. The van der Waals surface area contributed by atoms with Crippen LogP contribution in [0.5, 0.6) is 0 Å². The summed E-state index contributed by atoms with van der Waals surface area (Å²) >= 11 is 1.69. The molecule has 1 aliphatic heterocycles. The lowest BCUT2D eigenvalue weighted by atomic mass is 10.1. The highest BCUT2D eigenvalue weighted by Gasteiger charge is 2.24. The third-order valence-corrected chi connectivity index (χ3v) is 5.20. The molecular weight excluding hydrogens is 356 g/mol. The van der Waals surface area contributed by atoms with Crippen LogP contribution in [0.4, 0.5) is 0 Å². The third-order valence-electron chi connectivity index (χ3n) is 4.38. The van der Waals surface area contributed by atoms with Crippen LogP contribution >= 0.6 is 23.7 Å². The highest BCUT2D eigenvalue weighted by Crippen LogP contribution is 2.16. The Morgan fingerprint density at radius 1 is 1.24 bits per heavy atom. The molecule has 0 radical (unpaired) electrons. The molecule has 0 bridgehead atoms. The van der Waals surface area contributed by atoms with Gasteiger partial charge in [0.05, 0.1) is 10.7 Å². The number of carbonyl (C=O) groups is 1. The van der Waals surface area contributed by atoms with Crippen molar-refractivity contribution in [1.82, 2.24) is 14.8 Å². The molecule has 1 aromatic carbocycles. The van der Waals surface area contributed by atoms with E-state index in [4.69, 9.17) is 5.73 Å². The van der Waals surface area contributed by atoms with Crippen molar-refractivity contribution < 1.29 is 4.79 Å². The molecule has 136 valence electrons. The quantitative estimate of drug-likeness (QED) is 0.885. The van der Waals surface area contributed by atoms with Crippen molar-refractivity contribution in [1.29, 1.82) is 0 Å². The van der Waals surface area contributed by atoms with Gasteiger partial charge in [-0.3, -0.25) is 9.69 Å². The van der Waals surface area contributed by atoms with Gasteiger partial charge >= 0.3 is 0 Å². The number of halogens is 1. The molecular formula is C18H25ClN4OS. The molecule has 2 aromatic rings. The number of benzene rings is 1. The summed E-state index contributed by atoms with van der Waals surface area (Å²) in [5.41, 5.74) is 8.17. The number of aromatic nitrogens is 1. The van der Waals surface area contributed by atoms with E-state index in [2.05, 4.69) is 15.3 Å². The predicted octanol–water partition coefficient (Wildman–Crippen LogP) is 2.61. The predicted molar refractivity (Wildman–Crippen MR) is 104 cm³/mol. The summed E-state index contributed by atoms with van der Waals surface area (Å²) in [6.07, 6.45) is 0.969. The molecule has 1 atom stereocenters. The summed E-state index contributed by atoms with van der Waals surface area (Å²) in [5, 5.41) is 3.22. The smallest absolute Gasteiger partial charge is 0.244 e. The highest BCUT2D eigenvalue weighted by atomic mass is 35.5. The molecule has 1 amide bonds. The van der Waals surface area contributed by atoms with E-state index in [9.17, 15) is 4.79 Å². The first kappa shape index (κ1) is 19.8. The van der Waals surface area contributed by atoms with Gasteiger partial charge in [-0.05, 0) is 18.9 Å². The van der Waals surface area contributed by atoms with Gasteiger partial charge in [-0.15, -0.1) is 23.7 Å². The van der Waals surface area contributed by atoms with Gasteiger partial charge in [0.1, 0.15) is 6.04 Å². The van der Waals surface area contributed by atoms with Crippen molar-refractivity contribution in [3.8, 4) is 0 Å². The second kappa shape index (κ2) is 9.29. The molecule has 0 aliphatic carbocycles. The fourth-order valence-electron chi connectivity index (χ4n) is 3.06. The molecule has 1 fully saturated rings. The Balaban J connectivity index is 0.00000225. The maximum absolute atomic E-state index is 12.7. The van der Waals surface area contributed by atoms with Crippen LogP contribution in [0.3, 0.4) is 0 Å². The third kappa shape index (κ3) is 5.25. The second-order valence-electron chi connectivity index (χ2n) is 6.20. The first-order valence-electron chi connectivity index (χ1n) is 8.36. The SMILES string of the molecule is Cc1nc(CN2CCCN(C(=O)C(N)c3ccccc3)CC2)cs1.Cl. The molecule has 1 unspecified atom stereocenters. The number of aryl methyl sites for hydroxylation is 1. The largest absolute Gasteiger partial charge is 0.340 e. The Morgan fingerprint density at radius 3 is 2.68 bits per heavy atom. The molecule has 25 heavy (non-hydrogen) atoms. The lowest BCUT2D eigenvalue weighted by molar-refractivity contribution is -0.132. The van der Waals surface area contributed by atoms with Crippen LogP contribution in [0.25, 0.3) is 0 Å². The van der Waals surface area contributed by atoms with Gasteiger partial charge in [0.15, 0.2) is 0 Å². The normalized spacial score (nSPS) is 16.8. The Morgan fingerprint density at radius 2 is 2.00 bits per heavy atom. The standard InChI is InChI=1S/C18H24N4OS.ClH/c1-14-20-16(13-24-14)12-21-8-5-9-22(11-10-21)18(23)17(19)15-6-3-2-4-7-15;/h2-4,6-7,13,17H,5,8-12,19H2,1H3;1H. The van der Waals surface area contributed by atoms with Crippen molar-refractivity contribution in [2.24, 2.45) is 5.73 Å². The molecule has 5 nitrogen and oxygen atoms in total. The van der Waals surface area contributed by atoms with Crippen molar-refractivity contribution in [2.75, 3.05) is 26.2 Å². The fourth-order valence-corrected chi connectivity index (χ4v) is 3.66. The van der Waals surface area contributed by atoms with Gasteiger partial charge in [0.25, 0.3) is 0 Å². The number of amides is 1. The molecule has 0 spiro atoms. The van der Waals surface area contributed by atoms with Gasteiger partial charge < -0.3 is 10.6 Å². The van der Waals surface area contributed by atoms with Gasteiger partial charge in [-0.1, -0.05) is 30.3 Å². The average Bonchev–Trinajstić information content (AvgIpc) is 2.87. The fraction of sp³-hybridized carbons (Fsp3) is 0.444. The highest BCUT2D eigenvalue weighted by molar-refractivity contribution is 7.09. The van der Waals surface area contributed by atoms with Crippen LogP contribution in [0.2, 0.25) is 0 Å². The zero-order valence-electron chi connectivity index (χ0n) is 14.4. The van der Waals surface area contributed by atoms with Gasteiger partial charge in [-0.2, -0.15) is 0 Å². The van der Waals surface area contributed by atoms with Crippen molar-refractivity contribution in [3.05, 3.63) is 52.0 Å². The maximum Gasteiger partial charge on any atom is 0.244 e. The van der Waals surface area contributed by atoms with E-state index in [0.717, 1.165) is 55.4 Å². The zero-order chi connectivity index (χ0) is 16.9. The average molecular weight is 381 g/mol. The Labute approximate surface area is 159 Å². The molecule has 2 heterocycles. The molecule has 1 aliphatic rings. The van der Waals surface area contributed by atoms with Crippen LogP contribution in [-0.4, -0.2) is 46.9 Å². The van der Waals surface area contributed by atoms with Crippen molar-refractivity contribution in [3.63, 3.8) is 0 Å². The molecule has 1 aromatic heterocycles. The van der Waals surface area contributed by atoms with E-state index >= 15 is 0 Å². The summed E-state index contributed by atoms with van der Waals surface area (Å²) in [5.74, 6) is 0.0209. The second-order valence-corrected chi connectivity index (χ2v) is 7.26. The minimum atomic E-state index is -0.570. The zero-order valence-corrected chi connectivity index (χ0v) is 16.1. The van der Waals surface area contributed by atoms with Crippen LogP contribution in [0.1, 0.15) is 28.7 Å². The number of hydrogen-bond acceptors (Lipinski definition) is 5. The molecule has 1 saturated heterocycles. The van der Waals surface area contributed by atoms with E-state index in [1.54, 1.807) is 11.3 Å². The number of carbonyl (C=O) groups excluding carboxylic acids is 1. The number of nitrogens with two attached hydrogens (primary N) is 1. The molecule has 7 heteroatoms. The summed E-state index contributed by atoms with van der Waals surface area (Å²) in [4.78, 5) is 21.5. The first-order chi connectivity index (χ1) is 11.6. The minimum absolute atomic E-state index is 0. The number of thiazole rings is 1. The number of rotatable bonds is 4. The van der Waals surface area contributed by atoms with E-state index in [-0.39, 0.29) is 18.3 Å². The number of hydrogen-bond donors (Lipinski definition) is 1. The topological polar surface area (TPSA) is 62.5 Å². The lowest BCUT2D eigenvalue weighted by Crippen LogP contribution is -2.40. The van der Waals surface area contributed by atoms with Crippen LogP contribution in [0, 0.1) is 6.92 Å². The van der Waals surface area contributed by atoms with Crippen molar-refractivity contribution in [2.45, 2.75) is 25.9 Å². The van der Waals surface area contributed by atoms with Gasteiger partial charge in [0, 0.05) is 38.1 Å². The van der Waals surface area contributed by atoms with Crippen molar-refractivity contribution >= 4 is 29.7 Å². The number of nitrogens with zero attached hydrogens (tertiary/aromatic N) is 3.